The normalized spacial score (nSPS) is 18.0. The van der Waals surface area contributed by atoms with Gasteiger partial charge in [-0.15, -0.1) is 0 Å². The smallest absolute Gasteiger partial charge is 0.274 e. The van der Waals surface area contributed by atoms with E-state index < -0.39 is 5.91 Å². The van der Waals surface area contributed by atoms with Gasteiger partial charge in [0, 0.05) is 30.1 Å². The van der Waals surface area contributed by atoms with Crippen LogP contribution >= 0.6 is 0 Å². The molecule has 6 heteroatoms. The van der Waals surface area contributed by atoms with Crippen LogP contribution in [0.15, 0.2) is 12.1 Å². The summed E-state index contributed by atoms with van der Waals surface area (Å²) in [5.41, 5.74) is 3.84. The molecule has 2 amide bonds. The summed E-state index contributed by atoms with van der Waals surface area (Å²) in [6.07, 6.45) is 6.64. The Morgan fingerprint density at radius 1 is 1.17 bits per heavy atom. The minimum Gasteiger partial charge on any atom is -0.496 e. The summed E-state index contributed by atoms with van der Waals surface area (Å²) < 4.78 is 5.39. The van der Waals surface area contributed by atoms with Crippen molar-refractivity contribution in [2.45, 2.75) is 51.6 Å². The SMILES string of the molecule is COc1cc(C(=O)NO)cc2c1CN(C(=O)C1CCCCCC1)C2. The van der Waals surface area contributed by atoms with Crippen molar-refractivity contribution in [3.8, 4) is 5.75 Å². The number of hydrogen-bond donors (Lipinski definition) is 2. The quantitative estimate of drug-likeness (QED) is 0.507. The number of hydrogen-bond acceptors (Lipinski definition) is 4. The van der Waals surface area contributed by atoms with Crippen LogP contribution in [0.2, 0.25) is 0 Å². The summed E-state index contributed by atoms with van der Waals surface area (Å²) in [7, 11) is 1.55. The first-order valence-electron chi connectivity index (χ1n) is 8.57. The second-order valence-electron chi connectivity index (χ2n) is 6.64. The lowest BCUT2D eigenvalue weighted by molar-refractivity contribution is -0.136. The average Bonchev–Trinajstić information content (AvgIpc) is 2.85. The third kappa shape index (κ3) is 3.24. The Kier molecular flexibility index (Phi) is 5.04. The predicted molar refractivity (Wildman–Crippen MR) is 87.7 cm³/mol. The summed E-state index contributed by atoms with van der Waals surface area (Å²) >= 11 is 0. The van der Waals surface area contributed by atoms with Crippen molar-refractivity contribution in [3.63, 3.8) is 0 Å². The lowest BCUT2D eigenvalue weighted by Crippen LogP contribution is -2.31. The molecular formula is C18H24N2O4. The molecule has 0 aromatic heterocycles. The third-order valence-electron chi connectivity index (χ3n) is 5.11. The molecular weight excluding hydrogens is 308 g/mol. The molecule has 1 fully saturated rings. The van der Waals surface area contributed by atoms with Gasteiger partial charge in [0.15, 0.2) is 0 Å². The highest BCUT2D eigenvalue weighted by atomic mass is 16.5. The van der Waals surface area contributed by atoms with E-state index >= 15 is 0 Å². The van der Waals surface area contributed by atoms with Gasteiger partial charge in [-0.3, -0.25) is 14.8 Å². The molecule has 130 valence electrons. The lowest BCUT2D eigenvalue weighted by Gasteiger charge is -2.22. The van der Waals surface area contributed by atoms with Gasteiger partial charge in [0.25, 0.3) is 5.91 Å². The van der Waals surface area contributed by atoms with Crippen molar-refractivity contribution in [2.75, 3.05) is 7.11 Å². The van der Waals surface area contributed by atoms with Gasteiger partial charge in [0.1, 0.15) is 5.75 Å². The molecule has 2 aliphatic rings. The van der Waals surface area contributed by atoms with Gasteiger partial charge in [-0.1, -0.05) is 25.7 Å². The number of ether oxygens (including phenoxy) is 1. The molecule has 0 bridgehead atoms. The molecule has 2 N–H and O–H groups in total. The fourth-order valence-corrected chi connectivity index (χ4v) is 3.79. The highest BCUT2D eigenvalue weighted by Crippen LogP contribution is 2.34. The molecule has 1 heterocycles. The number of hydroxylamine groups is 1. The second kappa shape index (κ2) is 7.21. The highest BCUT2D eigenvalue weighted by Gasteiger charge is 2.31. The highest BCUT2D eigenvalue weighted by molar-refractivity contribution is 5.94. The molecule has 3 rings (SSSR count). The summed E-state index contributed by atoms with van der Waals surface area (Å²) in [5, 5.41) is 8.83. The number of nitrogens with one attached hydrogen (secondary N) is 1. The zero-order chi connectivity index (χ0) is 17.1. The van der Waals surface area contributed by atoms with E-state index in [-0.39, 0.29) is 11.8 Å². The van der Waals surface area contributed by atoms with Crippen LogP contribution in [0.25, 0.3) is 0 Å². The van der Waals surface area contributed by atoms with Crippen molar-refractivity contribution in [1.29, 1.82) is 0 Å². The molecule has 24 heavy (non-hydrogen) atoms. The number of carbonyl (C=O) groups excluding carboxylic acids is 2. The standard InChI is InChI=1S/C18H24N2O4/c1-24-16-9-13(17(21)19-23)8-14-10-20(11-15(14)16)18(22)12-6-4-2-3-5-7-12/h8-9,12,23H,2-7,10-11H2,1H3,(H,19,21). The summed E-state index contributed by atoms with van der Waals surface area (Å²) in [6.45, 7) is 1.02. The maximum absolute atomic E-state index is 12.9. The number of methoxy groups -OCH3 is 1. The van der Waals surface area contributed by atoms with Crippen molar-refractivity contribution in [1.82, 2.24) is 10.4 Å². The number of carbonyl (C=O) groups is 2. The molecule has 1 aromatic rings. The minimum absolute atomic E-state index is 0.119. The van der Waals surface area contributed by atoms with Crippen LogP contribution in [-0.4, -0.2) is 29.0 Å². The van der Waals surface area contributed by atoms with E-state index in [9.17, 15) is 9.59 Å². The first-order chi connectivity index (χ1) is 11.6. The Hall–Kier alpha value is -2.08. The molecule has 1 saturated carbocycles. The van der Waals surface area contributed by atoms with E-state index in [4.69, 9.17) is 9.94 Å². The largest absolute Gasteiger partial charge is 0.496 e. The minimum atomic E-state index is -0.579. The summed E-state index contributed by atoms with van der Waals surface area (Å²) in [5.74, 6) is 0.336. The molecule has 1 aliphatic carbocycles. The number of benzene rings is 1. The third-order valence-corrected chi connectivity index (χ3v) is 5.11. The number of nitrogens with zero attached hydrogens (tertiary/aromatic N) is 1. The Morgan fingerprint density at radius 2 is 1.88 bits per heavy atom. The fraction of sp³-hybridized carbons (Fsp3) is 0.556. The predicted octanol–water partition coefficient (Wildman–Crippen LogP) is 2.63. The zero-order valence-corrected chi connectivity index (χ0v) is 14.0. The van der Waals surface area contributed by atoms with E-state index in [1.165, 1.54) is 12.8 Å². The van der Waals surface area contributed by atoms with Gasteiger partial charge >= 0.3 is 0 Å². The van der Waals surface area contributed by atoms with Crippen molar-refractivity contribution in [3.05, 3.63) is 28.8 Å². The maximum atomic E-state index is 12.9. The maximum Gasteiger partial charge on any atom is 0.274 e. The molecule has 1 aliphatic heterocycles. The van der Waals surface area contributed by atoms with Crippen LogP contribution in [-0.2, 0) is 17.9 Å². The van der Waals surface area contributed by atoms with Gasteiger partial charge < -0.3 is 9.64 Å². The van der Waals surface area contributed by atoms with Crippen LogP contribution in [0, 0.1) is 5.92 Å². The van der Waals surface area contributed by atoms with E-state index in [2.05, 4.69) is 0 Å². The molecule has 0 spiro atoms. The lowest BCUT2D eigenvalue weighted by atomic mass is 9.99. The Bertz CT molecular complexity index is 636. The summed E-state index contributed by atoms with van der Waals surface area (Å²) in [4.78, 5) is 26.4. The van der Waals surface area contributed by atoms with E-state index in [0.29, 0.717) is 24.4 Å². The first kappa shape index (κ1) is 16.8. The molecule has 0 radical (unpaired) electrons. The number of fused-ring (bicyclic) bond motifs is 1. The van der Waals surface area contributed by atoms with Crippen LogP contribution in [0.5, 0.6) is 5.75 Å². The van der Waals surface area contributed by atoms with E-state index in [0.717, 1.165) is 36.8 Å². The van der Waals surface area contributed by atoms with Crippen molar-refractivity contribution < 1.29 is 19.5 Å². The van der Waals surface area contributed by atoms with Gasteiger partial charge in [0.2, 0.25) is 5.91 Å². The first-order valence-corrected chi connectivity index (χ1v) is 8.57. The van der Waals surface area contributed by atoms with Crippen molar-refractivity contribution >= 4 is 11.8 Å². The number of amides is 2. The Balaban J connectivity index is 1.80. The zero-order valence-electron chi connectivity index (χ0n) is 14.0. The van der Waals surface area contributed by atoms with Crippen LogP contribution in [0.4, 0.5) is 0 Å². The Morgan fingerprint density at radius 3 is 2.50 bits per heavy atom. The van der Waals surface area contributed by atoms with Gasteiger partial charge in [-0.05, 0) is 30.5 Å². The molecule has 0 unspecified atom stereocenters. The second-order valence-corrected chi connectivity index (χ2v) is 6.64. The number of rotatable bonds is 3. The molecule has 1 aromatic carbocycles. The monoisotopic (exact) mass is 332 g/mol. The van der Waals surface area contributed by atoms with Crippen LogP contribution < -0.4 is 10.2 Å². The topological polar surface area (TPSA) is 78.9 Å². The van der Waals surface area contributed by atoms with E-state index in [1.807, 2.05) is 4.90 Å². The average molecular weight is 332 g/mol. The van der Waals surface area contributed by atoms with Crippen LogP contribution in [0.3, 0.4) is 0 Å². The van der Waals surface area contributed by atoms with Gasteiger partial charge in [0.05, 0.1) is 7.11 Å². The van der Waals surface area contributed by atoms with Crippen molar-refractivity contribution in [2.24, 2.45) is 5.92 Å². The van der Waals surface area contributed by atoms with Crippen LogP contribution in [0.1, 0.15) is 60.0 Å². The molecule has 6 nitrogen and oxygen atoms in total. The summed E-state index contributed by atoms with van der Waals surface area (Å²) in [6, 6.07) is 3.33. The molecule has 0 saturated heterocycles. The Labute approximate surface area is 141 Å². The van der Waals surface area contributed by atoms with E-state index in [1.54, 1.807) is 24.7 Å². The van der Waals surface area contributed by atoms with Gasteiger partial charge in [-0.25, -0.2) is 5.48 Å². The van der Waals surface area contributed by atoms with Gasteiger partial charge in [-0.2, -0.15) is 0 Å². The molecule has 0 atom stereocenters. The fourth-order valence-electron chi connectivity index (χ4n) is 3.79.